The molecule has 5 heteroatoms. The van der Waals surface area contributed by atoms with Gasteiger partial charge in [0.1, 0.15) is 6.04 Å². The lowest BCUT2D eigenvalue weighted by atomic mass is 9.94. The van der Waals surface area contributed by atoms with Crippen LogP contribution in [0, 0.1) is 6.92 Å². The monoisotopic (exact) mass is 502 g/mol. The van der Waals surface area contributed by atoms with Gasteiger partial charge in [0.25, 0.3) is 0 Å². The van der Waals surface area contributed by atoms with Gasteiger partial charge in [-0.3, -0.25) is 9.59 Å². The zero-order valence-electron chi connectivity index (χ0n) is 21.0. The van der Waals surface area contributed by atoms with Gasteiger partial charge < -0.3 is 10.2 Å². The summed E-state index contributed by atoms with van der Waals surface area (Å²) in [5.74, 6) is -0.185. The van der Waals surface area contributed by atoms with E-state index in [2.05, 4.69) is 11.4 Å². The van der Waals surface area contributed by atoms with E-state index < -0.39 is 6.04 Å². The Morgan fingerprint density at radius 1 is 0.917 bits per heavy atom. The maximum atomic E-state index is 13.9. The molecule has 36 heavy (non-hydrogen) atoms. The highest BCUT2D eigenvalue weighted by Gasteiger charge is 2.32. The molecule has 0 bridgehead atoms. The number of benzene rings is 3. The van der Waals surface area contributed by atoms with Crippen molar-refractivity contribution in [1.82, 2.24) is 10.2 Å². The lowest BCUT2D eigenvalue weighted by molar-refractivity contribution is -0.141. The third-order valence-electron chi connectivity index (χ3n) is 6.96. The molecule has 1 saturated carbocycles. The Labute approximate surface area is 219 Å². The van der Waals surface area contributed by atoms with Crippen LogP contribution < -0.4 is 5.32 Å². The van der Waals surface area contributed by atoms with E-state index in [0.717, 1.165) is 47.9 Å². The van der Waals surface area contributed by atoms with Crippen LogP contribution in [0.3, 0.4) is 0 Å². The van der Waals surface area contributed by atoms with Gasteiger partial charge in [-0.1, -0.05) is 109 Å². The van der Waals surface area contributed by atoms with Crippen molar-refractivity contribution in [2.75, 3.05) is 0 Å². The van der Waals surface area contributed by atoms with Crippen LogP contribution in [0.2, 0.25) is 5.02 Å². The second-order valence-corrected chi connectivity index (χ2v) is 10.2. The zero-order chi connectivity index (χ0) is 25.3. The van der Waals surface area contributed by atoms with Crippen molar-refractivity contribution in [3.05, 3.63) is 106 Å². The molecule has 3 aromatic rings. The van der Waals surface area contributed by atoms with Crippen LogP contribution in [0.15, 0.2) is 78.9 Å². The van der Waals surface area contributed by atoms with E-state index in [9.17, 15) is 9.59 Å². The lowest BCUT2D eigenvalue weighted by Gasteiger charge is -2.33. The second-order valence-electron chi connectivity index (χ2n) is 9.83. The van der Waals surface area contributed by atoms with Gasteiger partial charge in [0.15, 0.2) is 0 Å². The minimum Gasteiger partial charge on any atom is -0.352 e. The van der Waals surface area contributed by atoms with Crippen LogP contribution in [0.4, 0.5) is 0 Å². The molecule has 4 nitrogen and oxygen atoms in total. The Kier molecular flexibility index (Phi) is 9.18. The third kappa shape index (κ3) is 7.20. The summed E-state index contributed by atoms with van der Waals surface area (Å²) in [4.78, 5) is 29.4. The number of carbonyl (C=O) groups is 2. The molecule has 0 unspecified atom stereocenters. The van der Waals surface area contributed by atoms with Crippen LogP contribution in [0.1, 0.15) is 54.4 Å². The summed E-state index contributed by atoms with van der Waals surface area (Å²) in [6.45, 7) is 2.40. The zero-order valence-corrected chi connectivity index (χ0v) is 21.7. The molecule has 188 valence electrons. The van der Waals surface area contributed by atoms with Crippen molar-refractivity contribution in [3.63, 3.8) is 0 Å². The molecular formula is C31H35ClN2O2. The predicted octanol–water partition coefficient (Wildman–Crippen LogP) is 6.28. The SMILES string of the molecule is Cc1cccc(CN(C(=O)Cc2ccccc2Cl)[C@H](Cc2ccccc2)C(=O)NC2CCCCC2)c1. The molecule has 0 spiro atoms. The molecule has 0 aliphatic heterocycles. The second kappa shape index (κ2) is 12.7. The molecule has 0 heterocycles. The largest absolute Gasteiger partial charge is 0.352 e. The number of hydrogen-bond acceptors (Lipinski definition) is 2. The number of nitrogens with one attached hydrogen (secondary N) is 1. The predicted molar refractivity (Wildman–Crippen MR) is 146 cm³/mol. The number of aryl methyl sites for hydroxylation is 1. The van der Waals surface area contributed by atoms with E-state index in [4.69, 9.17) is 11.6 Å². The van der Waals surface area contributed by atoms with Crippen molar-refractivity contribution >= 4 is 23.4 Å². The summed E-state index contributed by atoms with van der Waals surface area (Å²) in [7, 11) is 0. The van der Waals surface area contributed by atoms with Gasteiger partial charge in [-0.25, -0.2) is 0 Å². The lowest BCUT2D eigenvalue weighted by Crippen LogP contribution is -2.53. The molecule has 4 rings (SSSR count). The van der Waals surface area contributed by atoms with E-state index in [-0.39, 0.29) is 24.3 Å². The summed E-state index contributed by atoms with van der Waals surface area (Å²) in [6, 6.07) is 25.0. The van der Waals surface area contributed by atoms with Crippen molar-refractivity contribution in [2.24, 2.45) is 0 Å². The molecule has 1 fully saturated rings. The fourth-order valence-corrected chi connectivity index (χ4v) is 5.21. The normalized spacial score (nSPS) is 14.7. The highest BCUT2D eigenvalue weighted by atomic mass is 35.5. The van der Waals surface area contributed by atoms with E-state index in [1.807, 2.05) is 73.7 Å². The first-order valence-electron chi connectivity index (χ1n) is 12.9. The van der Waals surface area contributed by atoms with Crippen molar-refractivity contribution < 1.29 is 9.59 Å². The van der Waals surface area contributed by atoms with Crippen LogP contribution in [-0.4, -0.2) is 28.8 Å². The first-order chi connectivity index (χ1) is 17.5. The molecule has 1 aliphatic carbocycles. The summed E-state index contributed by atoms with van der Waals surface area (Å²) in [6.07, 6.45) is 6.08. The van der Waals surface area contributed by atoms with Crippen molar-refractivity contribution in [3.8, 4) is 0 Å². The molecule has 0 radical (unpaired) electrons. The number of hydrogen-bond donors (Lipinski definition) is 1. The fourth-order valence-electron chi connectivity index (χ4n) is 5.01. The average molecular weight is 503 g/mol. The highest BCUT2D eigenvalue weighted by Crippen LogP contribution is 2.22. The molecule has 1 N–H and O–H groups in total. The first-order valence-corrected chi connectivity index (χ1v) is 13.3. The average Bonchev–Trinajstić information content (AvgIpc) is 2.88. The highest BCUT2D eigenvalue weighted by molar-refractivity contribution is 6.31. The first kappa shape index (κ1) is 26.0. The van der Waals surface area contributed by atoms with Gasteiger partial charge in [-0.2, -0.15) is 0 Å². The molecule has 0 aromatic heterocycles. The topological polar surface area (TPSA) is 49.4 Å². The fraction of sp³-hybridized carbons (Fsp3) is 0.355. The number of nitrogens with zero attached hydrogens (tertiary/aromatic N) is 1. The number of halogens is 1. The molecule has 1 atom stereocenters. The smallest absolute Gasteiger partial charge is 0.243 e. The summed E-state index contributed by atoms with van der Waals surface area (Å²) in [5.41, 5.74) is 3.92. The third-order valence-corrected chi connectivity index (χ3v) is 7.33. The van der Waals surface area contributed by atoms with E-state index >= 15 is 0 Å². The Morgan fingerprint density at radius 3 is 2.33 bits per heavy atom. The molecule has 2 amide bonds. The molecule has 0 saturated heterocycles. The van der Waals surface area contributed by atoms with E-state index in [1.54, 1.807) is 11.0 Å². The Morgan fingerprint density at radius 2 is 1.61 bits per heavy atom. The van der Waals surface area contributed by atoms with Crippen molar-refractivity contribution in [2.45, 2.75) is 70.5 Å². The van der Waals surface area contributed by atoms with Crippen LogP contribution in [0.25, 0.3) is 0 Å². The number of carbonyl (C=O) groups excluding carboxylic acids is 2. The minimum atomic E-state index is -0.621. The van der Waals surface area contributed by atoms with Crippen LogP contribution in [-0.2, 0) is 29.0 Å². The molecule has 3 aromatic carbocycles. The maximum absolute atomic E-state index is 13.9. The standard InChI is InChI=1S/C31H35ClN2O2/c1-23-11-10-14-25(19-23)22-34(30(35)21-26-15-8-9-18-28(26)32)29(20-24-12-4-2-5-13-24)31(36)33-27-16-6-3-7-17-27/h2,4-5,8-15,18-19,27,29H,3,6-7,16-17,20-22H2,1H3,(H,33,36)/t29-/m1/s1. The Bertz CT molecular complexity index is 1160. The molecule has 1 aliphatic rings. The summed E-state index contributed by atoms with van der Waals surface area (Å²) in [5, 5.41) is 3.85. The van der Waals surface area contributed by atoms with Gasteiger partial charge in [0, 0.05) is 24.0 Å². The van der Waals surface area contributed by atoms with Crippen LogP contribution in [0.5, 0.6) is 0 Å². The Hall–Kier alpha value is -3.11. The van der Waals surface area contributed by atoms with Crippen molar-refractivity contribution in [1.29, 1.82) is 0 Å². The summed E-state index contributed by atoms with van der Waals surface area (Å²) >= 11 is 6.40. The number of amides is 2. The Balaban J connectivity index is 1.66. The van der Waals surface area contributed by atoms with Gasteiger partial charge >= 0.3 is 0 Å². The number of rotatable bonds is 9. The van der Waals surface area contributed by atoms with Gasteiger partial charge in [-0.15, -0.1) is 0 Å². The van der Waals surface area contributed by atoms with E-state index in [0.29, 0.717) is 18.0 Å². The van der Waals surface area contributed by atoms with E-state index in [1.165, 1.54) is 6.42 Å². The van der Waals surface area contributed by atoms with Crippen LogP contribution >= 0.6 is 11.6 Å². The molecular weight excluding hydrogens is 468 g/mol. The van der Waals surface area contributed by atoms with Gasteiger partial charge in [-0.05, 0) is 42.5 Å². The maximum Gasteiger partial charge on any atom is 0.243 e. The quantitative estimate of drug-likeness (QED) is 0.374. The minimum absolute atomic E-state index is 0.0779. The van der Waals surface area contributed by atoms with Gasteiger partial charge in [0.2, 0.25) is 11.8 Å². The summed E-state index contributed by atoms with van der Waals surface area (Å²) < 4.78 is 0. The van der Waals surface area contributed by atoms with Gasteiger partial charge in [0.05, 0.1) is 6.42 Å².